The van der Waals surface area contributed by atoms with Gasteiger partial charge in [-0.2, -0.15) is 0 Å². The van der Waals surface area contributed by atoms with E-state index in [0.29, 0.717) is 12.3 Å². The highest BCUT2D eigenvalue weighted by Gasteiger charge is 2.45. The molecular formula is C24H32O3. The molecule has 27 heavy (non-hydrogen) atoms. The van der Waals surface area contributed by atoms with Gasteiger partial charge in [0.05, 0.1) is 0 Å². The number of rotatable bonds is 5. The van der Waals surface area contributed by atoms with Crippen LogP contribution in [0.3, 0.4) is 0 Å². The highest BCUT2D eigenvalue weighted by molar-refractivity contribution is 6.06. The normalized spacial score (nSPS) is 29.0. The van der Waals surface area contributed by atoms with Gasteiger partial charge in [-0.3, -0.25) is 4.79 Å². The number of carbonyl (C=O) groups excluding carboxylic acids is 2. The number of fused-ring (bicyclic) bond motifs is 1. The van der Waals surface area contributed by atoms with E-state index < -0.39 is 0 Å². The summed E-state index contributed by atoms with van der Waals surface area (Å²) in [6.45, 7) is 12.5. The van der Waals surface area contributed by atoms with Gasteiger partial charge in [-0.05, 0) is 49.5 Å². The molecule has 0 bridgehead atoms. The first-order chi connectivity index (χ1) is 12.7. The standard InChI is InChI=1S/C24H32O3/c1-7-17(4)10-8-9-11-23(26)27-22-13-12-19-14-21(25)20(16(2)3)15-24(19,6)18(22)5/h8-14,17-18,22H,7,15H2,1-6H3/b10-8+,11-9+/t17-,18-,22-,24+/m0/s1. The molecule has 0 fully saturated rings. The smallest absolute Gasteiger partial charge is 0.331 e. The molecule has 0 aromatic carbocycles. The lowest BCUT2D eigenvalue weighted by atomic mass is 9.60. The lowest BCUT2D eigenvalue weighted by Gasteiger charge is -2.45. The van der Waals surface area contributed by atoms with Gasteiger partial charge in [0.25, 0.3) is 0 Å². The van der Waals surface area contributed by atoms with Crippen LogP contribution >= 0.6 is 0 Å². The average Bonchev–Trinajstić information content (AvgIpc) is 2.62. The number of esters is 1. The zero-order valence-electron chi connectivity index (χ0n) is 17.4. The van der Waals surface area contributed by atoms with E-state index in [2.05, 4.69) is 33.8 Å². The van der Waals surface area contributed by atoms with Crippen LogP contribution in [0.5, 0.6) is 0 Å². The molecule has 146 valence electrons. The quantitative estimate of drug-likeness (QED) is 0.365. The summed E-state index contributed by atoms with van der Waals surface area (Å²) < 4.78 is 5.70. The maximum Gasteiger partial charge on any atom is 0.331 e. The van der Waals surface area contributed by atoms with E-state index >= 15 is 0 Å². The number of ether oxygens (including phenoxy) is 1. The van der Waals surface area contributed by atoms with Crippen molar-refractivity contribution >= 4 is 11.8 Å². The van der Waals surface area contributed by atoms with Crippen LogP contribution < -0.4 is 0 Å². The number of allylic oxidation sites excluding steroid dienone is 8. The average molecular weight is 369 g/mol. The molecular weight excluding hydrogens is 336 g/mol. The molecule has 0 radical (unpaired) electrons. The third-order valence-corrected chi connectivity index (χ3v) is 6.03. The van der Waals surface area contributed by atoms with Crippen molar-refractivity contribution < 1.29 is 14.3 Å². The molecule has 2 aliphatic carbocycles. The molecule has 2 rings (SSSR count). The Morgan fingerprint density at radius 2 is 2.07 bits per heavy atom. The van der Waals surface area contributed by atoms with Gasteiger partial charge >= 0.3 is 5.97 Å². The first kappa shape index (κ1) is 21.1. The van der Waals surface area contributed by atoms with Crippen LogP contribution in [-0.4, -0.2) is 17.9 Å². The second kappa shape index (κ2) is 8.69. The Morgan fingerprint density at radius 1 is 1.37 bits per heavy atom. The Balaban J connectivity index is 2.13. The molecule has 0 aromatic heterocycles. The van der Waals surface area contributed by atoms with Crippen LogP contribution in [0.15, 0.2) is 59.3 Å². The second-order valence-corrected chi connectivity index (χ2v) is 8.22. The van der Waals surface area contributed by atoms with Crippen LogP contribution in [0, 0.1) is 17.3 Å². The maximum absolute atomic E-state index is 12.3. The van der Waals surface area contributed by atoms with E-state index in [1.165, 1.54) is 6.08 Å². The van der Waals surface area contributed by atoms with Crippen molar-refractivity contribution in [3.05, 3.63) is 59.3 Å². The second-order valence-electron chi connectivity index (χ2n) is 8.22. The van der Waals surface area contributed by atoms with Crippen molar-refractivity contribution in [2.24, 2.45) is 17.3 Å². The molecule has 0 N–H and O–H groups in total. The minimum atomic E-state index is -0.337. The number of carbonyl (C=O) groups is 2. The Bertz CT molecular complexity index is 744. The zero-order valence-corrected chi connectivity index (χ0v) is 17.4. The van der Waals surface area contributed by atoms with Crippen LogP contribution in [0.1, 0.15) is 54.4 Å². The SMILES string of the molecule is CC[C@H](C)/C=C/C=C/C(=O)O[C@H]1C=CC2=CC(=O)C(=C(C)C)C[C@]2(C)[C@H]1C. The van der Waals surface area contributed by atoms with Crippen molar-refractivity contribution in [1.29, 1.82) is 0 Å². The van der Waals surface area contributed by atoms with Gasteiger partial charge in [0.15, 0.2) is 5.78 Å². The van der Waals surface area contributed by atoms with E-state index in [0.717, 1.165) is 23.1 Å². The first-order valence-corrected chi connectivity index (χ1v) is 9.85. The van der Waals surface area contributed by atoms with Gasteiger partial charge in [-0.25, -0.2) is 4.79 Å². The summed E-state index contributed by atoms with van der Waals surface area (Å²) in [5, 5.41) is 0. The summed E-state index contributed by atoms with van der Waals surface area (Å²) in [7, 11) is 0. The summed E-state index contributed by atoms with van der Waals surface area (Å²) >= 11 is 0. The third-order valence-electron chi connectivity index (χ3n) is 6.03. The minimum absolute atomic E-state index is 0.0872. The number of hydrogen-bond donors (Lipinski definition) is 0. The van der Waals surface area contributed by atoms with Crippen molar-refractivity contribution in [3.63, 3.8) is 0 Å². The van der Waals surface area contributed by atoms with Crippen molar-refractivity contribution in [2.45, 2.75) is 60.5 Å². The molecule has 3 heteroatoms. The molecule has 0 spiro atoms. The molecule has 0 amide bonds. The summed E-state index contributed by atoms with van der Waals surface area (Å²) in [5.41, 5.74) is 2.76. The summed E-state index contributed by atoms with van der Waals surface area (Å²) in [4.78, 5) is 24.6. The van der Waals surface area contributed by atoms with Crippen LogP contribution in [0.25, 0.3) is 0 Å². The van der Waals surface area contributed by atoms with E-state index in [-0.39, 0.29) is 29.2 Å². The van der Waals surface area contributed by atoms with Crippen LogP contribution in [-0.2, 0) is 14.3 Å². The predicted octanol–water partition coefficient (Wildman–Crippen LogP) is 5.50. The molecule has 3 nitrogen and oxygen atoms in total. The van der Waals surface area contributed by atoms with Crippen molar-refractivity contribution in [1.82, 2.24) is 0 Å². The summed E-state index contributed by atoms with van der Waals surface area (Å²) in [6.07, 6.45) is 14.2. The maximum atomic E-state index is 12.3. The molecule has 2 aliphatic rings. The number of ketones is 1. The molecule has 0 heterocycles. The minimum Gasteiger partial charge on any atom is -0.455 e. The molecule has 4 atom stereocenters. The van der Waals surface area contributed by atoms with E-state index in [1.807, 2.05) is 32.1 Å². The summed E-state index contributed by atoms with van der Waals surface area (Å²) in [5.74, 6) is 0.348. The van der Waals surface area contributed by atoms with Gasteiger partial charge in [-0.1, -0.05) is 64.0 Å². The monoisotopic (exact) mass is 368 g/mol. The van der Waals surface area contributed by atoms with E-state index in [9.17, 15) is 9.59 Å². The Hall–Kier alpha value is -2.16. The highest BCUT2D eigenvalue weighted by atomic mass is 16.5. The van der Waals surface area contributed by atoms with E-state index in [4.69, 9.17) is 4.74 Å². The van der Waals surface area contributed by atoms with Gasteiger partial charge in [0, 0.05) is 17.4 Å². The Kier molecular flexibility index (Phi) is 6.80. The Morgan fingerprint density at radius 3 is 2.70 bits per heavy atom. The van der Waals surface area contributed by atoms with Crippen molar-refractivity contribution in [3.8, 4) is 0 Å². The fraction of sp³-hybridized carbons (Fsp3) is 0.500. The van der Waals surface area contributed by atoms with Crippen LogP contribution in [0.4, 0.5) is 0 Å². The fourth-order valence-electron chi connectivity index (χ4n) is 3.60. The molecule has 0 saturated carbocycles. The van der Waals surface area contributed by atoms with Gasteiger partial charge in [0.2, 0.25) is 0 Å². The number of hydrogen-bond acceptors (Lipinski definition) is 3. The molecule has 0 aliphatic heterocycles. The first-order valence-electron chi connectivity index (χ1n) is 9.85. The highest BCUT2D eigenvalue weighted by Crippen LogP contribution is 2.49. The largest absolute Gasteiger partial charge is 0.455 e. The topological polar surface area (TPSA) is 43.4 Å². The molecule has 0 unspecified atom stereocenters. The fourth-order valence-corrected chi connectivity index (χ4v) is 3.60. The Labute approximate surface area is 163 Å². The third kappa shape index (κ3) is 4.77. The van der Waals surface area contributed by atoms with Gasteiger partial charge < -0.3 is 4.74 Å². The summed E-state index contributed by atoms with van der Waals surface area (Å²) in [6, 6.07) is 0. The molecule has 0 saturated heterocycles. The molecule has 0 aromatic rings. The van der Waals surface area contributed by atoms with E-state index in [1.54, 1.807) is 12.2 Å². The predicted molar refractivity (Wildman–Crippen MR) is 110 cm³/mol. The van der Waals surface area contributed by atoms with Crippen LogP contribution in [0.2, 0.25) is 0 Å². The van der Waals surface area contributed by atoms with Crippen molar-refractivity contribution in [2.75, 3.05) is 0 Å². The lowest BCUT2D eigenvalue weighted by Crippen LogP contribution is -2.42. The van der Waals surface area contributed by atoms with Gasteiger partial charge in [0.1, 0.15) is 6.10 Å². The zero-order chi connectivity index (χ0) is 20.2. The lowest BCUT2D eigenvalue weighted by molar-refractivity contribution is -0.144. The van der Waals surface area contributed by atoms with Gasteiger partial charge in [-0.15, -0.1) is 0 Å².